The smallest absolute Gasteiger partial charge is 0.237 e. The summed E-state index contributed by atoms with van der Waals surface area (Å²) in [5, 5.41) is 2.77. The second kappa shape index (κ2) is 6.76. The van der Waals surface area contributed by atoms with Crippen LogP contribution in [0, 0.1) is 0 Å². The van der Waals surface area contributed by atoms with E-state index in [0.717, 1.165) is 6.42 Å². The van der Waals surface area contributed by atoms with Gasteiger partial charge in [-0.15, -0.1) is 0 Å². The number of hydrogen-bond acceptors (Lipinski definition) is 4. The summed E-state index contributed by atoms with van der Waals surface area (Å²) in [5.74, 6) is -0.106. The Morgan fingerprint density at radius 1 is 1.60 bits per heavy atom. The van der Waals surface area contributed by atoms with Gasteiger partial charge >= 0.3 is 0 Å². The predicted octanol–water partition coefficient (Wildman–Crippen LogP) is -0.355. The van der Waals surface area contributed by atoms with Gasteiger partial charge in [-0.05, 0) is 6.42 Å². The van der Waals surface area contributed by atoms with Crippen LogP contribution >= 0.6 is 0 Å². The Balaban J connectivity index is 2.14. The maximum absolute atomic E-state index is 11.4. The van der Waals surface area contributed by atoms with Crippen LogP contribution in [0.2, 0.25) is 0 Å². The predicted molar refractivity (Wildman–Crippen MR) is 56.5 cm³/mol. The van der Waals surface area contributed by atoms with E-state index in [1.54, 1.807) is 0 Å². The average molecular weight is 216 g/mol. The third-order valence-electron chi connectivity index (χ3n) is 2.33. The largest absolute Gasteiger partial charge is 0.376 e. The van der Waals surface area contributed by atoms with Gasteiger partial charge in [-0.25, -0.2) is 0 Å². The summed E-state index contributed by atoms with van der Waals surface area (Å²) in [6.45, 7) is 4.27. The van der Waals surface area contributed by atoms with Crippen LogP contribution in [-0.4, -0.2) is 44.4 Å². The summed E-state index contributed by atoms with van der Waals surface area (Å²) in [7, 11) is 0. The number of nitrogens with two attached hydrogens (primary N) is 1. The van der Waals surface area contributed by atoms with Gasteiger partial charge in [0.1, 0.15) is 0 Å². The number of amides is 1. The minimum absolute atomic E-state index is 0.0310. The minimum Gasteiger partial charge on any atom is -0.376 e. The standard InChI is InChI=1S/C10H20N2O3/c1-2-3-9(11)10(13)12-6-8-7-14-4-5-15-8/h8-9H,2-7,11H2,1H3,(H,12,13)/t8?,9-/m0/s1. The molecule has 2 atom stereocenters. The van der Waals surface area contributed by atoms with E-state index < -0.39 is 6.04 Å². The summed E-state index contributed by atoms with van der Waals surface area (Å²) >= 11 is 0. The van der Waals surface area contributed by atoms with Gasteiger partial charge in [-0.3, -0.25) is 4.79 Å². The van der Waals surface area contributed by atoms with Gasteiger partial charge in [0, 0.05) is 6.54 Å². The summed E-state index contributed by atoms with van der Waals surface area (Å²) < 4.78 is 10.6. The zero-order valence-corrected chi connectivity index (χ0v) is 9.20. The number of rotatable bonds is 5. The van der Waals surface area contributed by atoms with Gasteiger partial charge in [0.15, 0.2) is 0 Å². The molecule has 1 fully saturated rings. The first kappa shape index (κ1) is 12.4. The normalized spacial score (nSPS) is 23.5. The molecule has 0 aromatic carbocycles. The first-order valence-electron chi connectivity index (χ1n) is 5.46. The lowest BCUT2D eigenvalue weighted by Gasteiger charge is -2.23. The molecule has 88 valence electrons. The van der Waals surface area contributed by atoms with E-state index >= 15 is 0 Å². The van der Waals surface area contributed by atoms with E-state index in [1.165, 1.54) is 0 Å². The van der Waals surface area contributed by atoms with E-state index in [0.29, 0.717) is 32.8 Å². The van der Waals surface area contributed by atoms with Crippen molar-refractivity contribution in [1.82, 2.24) is 5.32 Å². The fourth-order valence-electron chi connectivity index (χ4n) is 1.44. The summed E-state index contributed by atoms with van der Waals surface area (Å²) in [5.41, 5.74) is 5.66. The van der Waals surface area contributed by atoms with Crippen molar-refractivity contribution in [3.8, 4) is 0 Å². The Bertz CT molecular complexity index is 193. The topological polar surface area (TPSA) is 73.6 Å². The van der Waals surface area contributed by atoms with E-state index in [1.807, 2.05) is 6.92 Å². The molecule has 1 aliphatic heterocycles. The molecule has 0 saturated carbocycles. The van der Waals surface area contributed by atoms with Crippen LogP contribution < -0.4 is 11.1 Å². The first-order chi connectivity index (χ1) is 7.24. The number of hydrogen-bond donors (Lipinski definition) is 2. The molecule has 15 heavy (non-hydrogen) atoms. The monoisotopic (exact) mass is 216 g/mol. The van der Waals surface area contributed by atoms with Crippen LogP contribution in [0.5, 0.6) is 0 Å². The Morgan fingerprint density at radius 2 is 2.40 bits per heavy atom. The van der Waals surface area contributed by atoms with Crippen molar-refractivity contribution in [2.24, 2.45) is 5.73 Å². The molecule has 0 spiro atoms. The van der Waals surface area contributed by atoms with E-state index in [-0.39, 0.29) is 12.0 Å². The summed E-state index contributed by atoms with van der Waals surface area (Å²) in [6.07, 6.45) is 1.60. The lowest BCUT2D eigenvalue weighted by molar-refractivity contribution is -0.125. The highest BCUT2D eigenvalue weighted by Gasteiger charge is 2.17. The molecule has 1 rings (SSSR count). The SMILES string of the molecule is CCC[C@H](N)C(=O)NCC1COCCO1. The van der Waals surface area contributed by atoms with E-state index in [4.69, 9.17) is 15.2 Å². The second-order valence-electron chi connectivity index (χ2n) is 3.71. The summed E-state index contributed by atoms with van der Waals surface area (Å²) in [4.78, 5) is 11.4. The lowest BCUT2D eigenvalue weighted by atomic mass is 10.1. The quantitative estimate of drug-likeness (QED) is 0.658. The highest BCUT2D eigenvalue weighted by atomic mass is 16.6. The highest BCUT2D eigenvalue weighted by molar-refractivity contribution is 5.81. The van der Waals surface area contributed by atoms with Gasteiger partial charge in [0.05, 0.1) is 32.0 Å². The lowest BCUT2D eigenvalue weighted by Crippen LogP contribution is -2.46. The van der Waals surface area contributed by atoms with Crippen molar-refractivity contribution in [2.75, 3.05) is 26.4 Å². The maximum atomic E-state index is 11.4. The molecule has 1 amide bonds. The zero-order chi connectivity index (χ0) is 11.1. The van der Waals surface area contributed by atoms with Crippen molar-refractivity contribution in [2.45, 2.75) is 31.9 Å². The molecule has 5 heteroatoms. The molecule has 1 unspecified atom stereocenters. The Morgan fingerprint density at radius 3 is 3.00 bits per heavy atom. The van der Waals surface area contributed by atoms with Crippen molar-refractivity contribution < 1.29 is 14.3 Å². The molecule has 0 bridgehead atoms. The third-order valence-corrected chi connectivity index (χ3v) is 2.33. The van der Waals surface area contributed by atoms with Crippen LogP contribution in [0.15, 0.2) is 0 Å². The number of carbonyl (C=O) groups is 1. The minimum atomic E-state index is -0.403. The van der Waals surface area contributed by atoms with E-state index in [2.05, 4.69) is 5.32 Å². The van der Waals surface area contributed by atoms with Crippen LogP contribution in [0.1, 0.15) is 19.8 Å². The van der Waals surface area contributed by atoms with Crippen molar-refractivity contribution in [3.05, 3.63) is 0 Å². The molecule has 0 aromatic heterocycles. The van der Waals surface area contributed by atoms with Crippen LogP contribution in [0.4, 0.5) is 0 Å². The van der Waals surface area contributed by atoms with Crippen LogP contribution in [-0.2, 0) is 14.3 Å². The third kappa shape index (κ3) is 4.59. The van der Waals surface area contributed by atoms with Crippen LogP contribution in [0.25, 0.3) is 0 Å². The molecule has 0 aliphatic carbocycles. The Kier molecular flexibility index (Phi) is 5.60. The van der Waals surface area contributed by atoms with Crippen molar-refractivity contribution >= 4 is 5.91 Å². The molecular formula is C10H20N2O3. The molecule has 1 saturated heterocycles. The van der Waals surface area contributed by atoms with Gasteiger partial charge in [-0.2, -0.15) is 0 Å². The Hall–Kier alpha value is -0.650. The van der Waals surface area contributed by atoms with Crippen molar-refractivity contribution in [1.29, 1.82) is 0 Å². The fraction of sp³-hybridized carbons (Fsp3) is 0.900. The van der Waals surface area contributed by atoms with Gasteiger partial charge in [0.2, 0.25) is 5.91 Å². The van der Waals surface area contributed by atoms with Gasteiger partial charge in [-0.1, -0.05) is 13.3 Å². The summed E-state index contributed by atoms with van der Waals surface area (Å²) in [6, 6.07) is -0.403. The molecule has 3 N–H and O–H groups in total. The molecular weight excluding hydrogens is 196 g/mol. The molecule has 5 nitrogen and oxygen atoms in total. The molecule has 0 aromatic rings. The second-order valence-corrected chi connectivity index (χ2v) is 3.71. The fourth-order valence-corrected chi connectivity index (χ4v) is 1.44. The zero-order valence-electron chi connectivity index (χ0n) is 9.20. The van der Waals surface area contributed by atoms with Gasteiger partial charge < -0.3 is 20.5 Å². The first-order valence-corrected chi connectivity index (χ1v) is 5.46. The number of nitrogens with one attached hydrogen (secondary N) is 1. The molecule has 0 radical (unpaired) electrons. The number of ether oxygens (including phenoxy) is 2. The Labute approximate surface area is 90.3 Å². The van der Waals surface area contributed by atoms with Crippen LogP contribution in [0.3, 0.4) is 0 Å². The highest BCUT2D eigenvalue weighted by Crippen LogP contribution is 1.99. The number of carbonyl (C=O) groups excluding carboxylic acids is 1. The average Bonchev–Trinajstić information content (AvgIpc) is 2.27. The van der Waals surface area contributed by atoms with Gasteiger partial charge in [0.25, 0.3) is 0 Å². The maximum Gasteiger partial charge on any atom is 0.237 e. The molecule has 1 aliphatic rings. The molecule has 1 heterocycles. The van der Waals surface area contributed by atoms with Crippen molar-refractivity contribution in [3.63, 3.8) is 0 Å². The van der Waals surface area contributed by atoms with E-state index in [9.17, 15) is 4.79 Å².